The normalized spacial score (nSPS) is 25.7. The SMILES string of the molecule is C[C@H]1CC[C@H](CNc2ccc(C#N)cn2)C1(C)C. The van der Waals surface area contributed by atoms with Crippen molar-refractivity contribution in [1.29, 1.82) is 5.26 Å². The molecule has 1 saturated carbocycles. The zero-order chi connectivity index (χ0) is 13.2. The fourth-order valence-electron chi connectivity index (χ4n) is 2.76. The molecule has 96 valence electrons. The molecule has 1 aliphatic carbocycles. The average Bonchev–Trinajstić information content (AvgIpc) is 2.63. The quantitative estimate of drug-likeness (QED) is 0.884. The molecule has 0 radical (unpaired) electrons. The van der Waals surface area contributed by atoms with Gasteiger partial charge in [0.05, 0.1) is 5.56 Å². The highest BCUT2D eigenvalue weighted by Gasteiger charge is 2.39. The molecule has 1 aromatic heterocycles. The number of nitriles is 1. The molecule has 1 aromatic rings. The number of aromatic nitrogens is 1. The van der Waals surface area contributed by atoms with Crippen LogP contribution in [0.2, 0.25) is 0 Å². The van der Waals surface area contributed by atoms with Crippen molar-refractivity contribution < 1.29 is 0 Å². The second-order valence-corrected chi connectivity index (χ2v) is 5.92. The Kier molecular flexibility index (Phi) is 3.56. The van der Waals surface area contributed by atoms with Crippen LogP contribution in [0.25, 0.3) is 0 Å². The molecule has 1 fully saturated rings. The Labute approximate surface area is 109 Å². The summed E-state index contributed by atoms with van der Waals surface area (Å²) in [5.41, 5.74) is 1.01. The van der Waals surface area contributed by atoms with E-state index in [-0.39, 0.29) is 0 Å². The summed E-state index contributed by atoms with van der Waals surface area (Å²) >= 11 is 0. The van der Waals surface area contributed by atoms with E-state index in [1.165, 1.54) is 12.8 Å². The van der Waals surface area contributed by atoms with Crippen molar-refractivity contribution in [1.82, 2.24) is 4.98 Å². The minimum atomic E-state index is 0.402. The van der Waals surface area contributed by atoms with Crippen LogP contribution in [0.15, 0.2) is 18.3 Å². The van der Waals surface area contributed by atoms with E-state index >= 15 is 0 Å². The van der Waals surface area contributed by atoms with Crippen molar-refractivity contribution in [2.24, 2.45) is 17.3 Å². The second-order valence-electron chi connectivity index (χ2n) is 5.92. The lowest BCUT2D eigenvalue weighted by molar-refractivity contribution is 0.207. The number of anilines is 1. The summed E-state index contributed by atoms with van der Waals surface area (Å²) in [5.74, 6) is 2.35. The van der Waals surface area contributed by atoms with Crippen LogP contribution < -0.4 is 5.32 Å². The summed E-state index contributed by atoms with van der Waals surface area (Å²) in [6.07, 6.45) is 4.22. The van der Waals surface area contributed by atoms with E-state index in [0.717, 1.165) is 18.3 Å². The number of hydrogen-bond donors (Lipinski definition) is 1. The predicted molar refractivity (Wildman–Crippen MR) is 73.1 cm³/mol. The van der Waals surface area contributed by atoms with Crippen LogP contribution in [-0.4, -0.2) is 11.5 Å². The van der Waals surface area contributed by atoms with Gasteiger partial charge >= 0.3 is 0 Å². The molecule has 0 spiro atoms. The third kappa shape index (κ3) is 2.48. The Balaban J connectivity index is 1.94. The molecule has 0 saturated heterocycles. The molecule has 0 amide bonds. The lowest BCUT2D eigenvalue weighted by Crippen LogP contribution is -2.28. The highest BCUT2D eigenvalue weighted by Crippen LogP contribution is 2.46. The van der Waals surface area contributed by atoms with Crippen LogP contribution in [-0.2, 0) is 0 Å². The van der Waals surface area contributed by atoms with Gasteiger partial charge in [-0.2, -0.15) is 5.26 Å². The molecule has 0 aromatic carbocycles. The highest BCUT2D eigenvalue weighted by molar-refractivity contribution is 5.39. The predicted octanol–water partition coefficient (Wildman–Crippen LogP) is 3.44. The van der Waals surface area contributed by atoms with Gasteiger partial charge in [-0.3, -0.25) is 0 Å². The van der Waals surface area contributed by atoms with Crippen LogP contribution in [0.3, 0.4) is 0 Å². The Morgan fingerprint density at radius 2 is 2.22 bits per heavy atom. The van der Waals surface area contributed by atoms with E-state index in [4.69, 9.17) is 5.26 Å². The summed E-state index contributed by atoms with van der Waals surface area (Å²) in [7, 11) is 0. The third-order valence-corrected chi connectivity index (χ3v) is 4.69. The molecule has 2 atom stereocenters. The van der Waals surface area contributed by atoms with Gasteiger partial charge in [-0.15, -0.1) is 0 Å². The number of nitrogens with one attached hydrogen (secondary N) is 1. The molecule has 3 nitrogen and oxygen atoms in total. The van der Waals surface area contributed by atoms with Crippen LogP contribution in [0.5, 0.6) is 0 Å². The second kappa shape index (κ2) is 4.97. The van der Waals surface area contributed by atoms with E-state index in [2.05, 4.69) is 37.1 Å². The number of nitrogens with zero attached hydrogens (tertiary/aromatic N) is 2. The van der Waals surface area contributed by atoms with E-state index in [1.807, 2.05) is 6.07 Å². The Morgan fingerprint density at radius 3 is 2.72 bits per heavy atom. The van der Waals surface area contributed by atoms with Gasteiger partial charge in [0.25, 0.3) is 0 Å². The van der Waals surface area contributed by atoms with E-state index in [1.54, 1.807) is 12.3 Å². The standard InChI is InChI=1S/C15H21N3/c1-11-4-6-13(15(11,2)3)10-18-14-7-5-12(8-16)9-17-14/h5,7,9,11,13H,4,6,10H2,1-3H3,(H,17,18)/t11-,13+/m0/s1. The van der Waals surface area contributed by atoms with Crippen molar-refractivity contribution in [2.45, 2.75) is 33.6 Å². The first-order chi connectivity index (χ1) is 8.54. The summed E-state index contributed by atoms with van der Waals surface area (Å²) < 4.78 is 0. The summed E-state index contributed by atoms with van der Waals surface area (Å²) in [6, 6.07) is 5.76. The average molecular weight is 243 g/mol. The highest BCUT2D eigenvalue weighted by atomic mass is 15.0. The van der Waals surface area contributed by atoms with Gasteiger partial charge in [0, 0.05) is 12.7 Å². The molecule has 18 heavy (non-hydrogen) atoms. The van der Waals surface area contributed by atoms with Gasteiger partial charge in [0.2, 0.25) is 0 Å². The smallest absolute Gasteiger partial charge is 0.125 e. The first-order valence-electron chi connectivity index (χ1n) is 6.64. The fraction of sp³-hybridized carbons (Fsp3) is 0.600. The number of hydrogen-bond acceptors (Lipinski definition) is 3. The zero-order valence-corrected chi connectivity index (χ0v) is 11.4. The minimum absolute atomic E-state index is 0.402. The zero-order valence-electron chi connectivity index (χ0n) is 11.4. The van der Waals surface area contributed by atoms with Crippen molar-refractivity contribution in [2.75, 3.05) is 11.9 Å². The van der Waals surface area contributed by atoms with Crippen LogP contribution in [0, 0.1) is 28.6 Å². The van der Waals surface area contributed by atoms with E-state index in [9.17, 15) is 0 Å². The van der Waals surface area contributed by atoms with Crippen molar-refractivity contribution in [3.05, 3.63) is 23.9 Å². The van der Waals surface area contributed by atoms with Crippen molar-refractivity contribution in [3.8, 4) is 6.07 Å². The van der Waals surface area contributed by atoms with Crippen LogP contribution in [0.4, 0.5) is 5.82 Å². The topological polar surface area (TPSA) is 48.7 Å². The van der Waals surface area contributed by atoms with Gasteiger partial charge in [0.1, 0.15) is 11.9 Å². The number of pyridine rings is 1. The van der Waals surface area contributed by atoms with Gasteiger partial charge < -0.3 is 5.32 Å². The molecule has 2 rings (SSSR count). The summed E-state index contributed by atoms with van der Waals surface area (Å²) in [4.78, 5) is 4.24. The molecular formula is C15H21N3. The Morgan fingerprint density at radius 1 is 1.44 bits per heavy atom. The molecule has 1 aliphatic rings. The molecule has 0 aliphatic heterocycles. The Bertz CT molecular complexity index is 442. The Hall–Kier alpha value is -1.56. The summed E-state index contributed by atoms with van der Waals surface area (Å²) in [5, 5.41) is 12.1. The van der Waals surface area contributed by atoms with Crippen LogP contribution >= 0.6 is 0 Å². The maximum Gasteiger partial charge on any atom is 0.125 e. The largest absolute Gasteiger partial charge is 0.370 e. The van der Waals surface area contributed by atoms with Gasteiger partial charge in [-0.1, -0.05) is 20.8 Å². The molecule has 0 bridgehead atoms. The van der Waals surface area contributed by atoms with Gasteiger partial charge in [-0.05, 0) is 42.2 Å². The number of rotatable bonds is 3. The maximum atomic E-state index is 8.72. The van der Waals surface area contributed by atoms with Gasteiger partial charge in [0.15, 0.2) is 0 Å². The lowest BCUT2D eigenvalue weighted by atomic mass is 9.76. The molecule has 0 unspecified atom stereocenters. The van der Waals surface area contributed by atoms with Gasteiger partial charge in [-0.25, -0.2) is 4.98 Å². The lowest BCUT2D eigenvalue weighted by Gasteiger charge is -2.31. The van der Waals surface area contributed by atoms with E-state index < -0.39 is 0 Å². The maximum absolute atomic E-state index is 8.72. The first-order valence-corrected chi connectivity index (χ1v) is 6.64. The monoisotopic (exact) mass is 243 g/mol. The van der Waals surface area contributed by atoms with E-state index in [0.29, 0.717) is 16.9 Å². The van der Waals surface area contributed by atoms with Crippen molar-refractivity contribution in [3.63, 3.8) is 0 Å². The van der Waals surface area contributed by atoms with Crippen LogP contribution in [0.1, 0.15) is 39.2 Å². The first kappa shape index (κ1) is 12.9. The van der Waals surface area contributed by atoms with Crippen molar-refractivity contribution >= 4 is 5.82 Å². The minimum Gasteiger partial charge on any atom is -0.370 e. The molecular weight excluding hydrogens is 222 g/mol. The molecule has 3 heteroatoms. The summed E-state index contributed by atoms with van der Waals surface area (Å²) in [6.45, 7) is 8.04. The third-order valence-electron chi connectivity index (χ3n) is 4.69. The molecule has 1 N–H and O–H groups in total. The fourth-order valence-corrected chi connectivity index (χ4v) is 2.76. The molecule has 1 heterocycles.